The van der Waals surface area contributed by atoms with Crippen molar-refractivity contribution >= 4 is 34.9 Å². The summed E-state index contributed by atoms with van der Waals surface area (Å²) in [7, 11) is 1.43. The summed E-state index contributed by atoms with van der Waals surface area (Å²) >= 11 is 6.09. The van der Waals surface area contributed by atoms with E-state index in [9.17, 15) is 9.59 Å². The first-order chi connectivity index (χ1) is 12.0. The molecule has 0 spiro atoms. The number of rotatable bonds is 7. The van der Waals surface area contributed by atoms with E-state index in [4.69, 9.17) is 16.3 Å². The van der Waals surface area contributed by atoms with Crippen molar-refractivity contribution in [1.82, 2.24) is 20.1 Å². The predicted octanol–water partition coefficient (Wildman–Crippen LogP) is 1.73. The van der Waals surface area contributed by atoms with E-state index in [1.165, 1.54) is 13.4 Å². The van der Waals surface area contributed by atoms with Crippen molar-refractivity contribution in [3.05, 3.63) is 35.9 Å². The van der Waals surface area contributed by atoms with Gasteiger partial charge in [-0.05, 0) is 25.1 Å². The van der Waals surface area contributed by atoms with Crippen molar-refractivity contribution in [3.63, 3.8) is 0 Å². The molecule has 0 bridgehead atoms. The summed E-state index contributed by atoms with van der Waals surface area (Å²) in [6.45, 7) is 2.25. The first-order valence-electron chi connectivity index (χ1n) is 7.46. The largest absolute Gasteiger partial charge is 0.375 e. The molecule has 1 aromatic heterocycles. The van der Waals surface area contributed by atoms with E-state index in [1.54, 1.807) is 29.2 Å². The fourth-order valence-corrected chi connectivity index (χ4v) is 2.23. The monoisotopic (exact) mass is 366 g/mol. The zero-order valence-corrected chi connectivity index (χ0v) is 14.6. The van der Waals surface area contributed by atoms with Gasteiger partial charge in [0.25, 0.3) is 0 Å². The summed E-state index contributed by atoms with van der Waals surface area (Å²) in [5, 5.41) is 12.4. The second-order valence-corrected chi connectivity index (χ2v) is 5.70. The number of halogens is 1. The van der Waals surface area contributed by atoms with Crippen LogP contribution in [0.5, 0.6) is 0 Å². The van der Waals surface area contributed by atoms with Crippen molar-refractivity contribution in [2.24, 2.45) is 0 Å². The number of methoxy groups -OCH3 is 1. The molecule has 1 heterocycles. The van der Waals surface area contributed by atoms with Crippen molar-refractivity contribution in [3.8, 4) is 0 Å². The highest BCUT2D eigenvalue weighted by Gasteiger charge is 2.11. The average molecular weight is 367 g/mol. The predicted molar refractivity (Wildman–Crippen MR) is 93.6 cm³/mol. The lowest BCUT2D eigenvalue weighted by molar-refractivity contribution is -0.119. The lowest BCUT2D eigenvalue weighted by atomic mass is 10.2. The summed E-state index contributed by atoms with van der Waals surface area (Å²) in [5.74, 6) is -0.304. The number of nitrogens with one attached hydrogen (secondary N) is 3. The van der Waals surface area contributed by atoms with Crippen LogP contribution in [0.1, 0.15) is 6.92 Å². The van der Waals surface area contributed by atoms with E-state index in [0.717, 1.165) is 0 Å². The van der Waals surface area contributed by atoms with E-state index in [2.05, 4.69) is 26.0 Å². The molecule has 0 saturated carbocycles. The average Bonchev–Trinajstić information content (AvgIpc) is 3.03. The van der Waals surface area contributed by atoms with Gasteiger partial charge in [0, 0.05) is 18.8 Å². The summed E-state index contributed by atoms with van der Waals surface area (Å²) in [4.78, 5) is 27.5. The Balaban J connectivity index is 1.93. The molecule has 1 aromatic carbocycles. The molecule has 0 fully saturated rings. The van der Waals surface area contributed by atoms with Crippen LogP contribution in [0.25, 0.3) is 0 Å². The Morgan fingerprint density at radius 3 is 2.84 bits per heavy atom. The Hall–Kier alpha value is -2.65. The smallest absolute Gasteiger partial charge is 0.319 e. The third-order valence-corrected chi connectivity index (χ3v) is 3.41. The zero-order chi connectivity index (χ0) is 18.2. The van der Waals surface area contributed by atoms with Gasteiger partial charge in [-0.15, -0.1) is 0 Å². The van der Waals surface area contributed by atoms with Gasteiger partial charge in [-0.3, -0.25) is 9.48 Å². The van der Waals surface area contributed by atoms with Gasteiger partial charge in [-0.2, -0.15) is 5.10 Å². The lowest BCUT2D eigenvalue weighted by Crippen LogP contribution is -2.38. The maximum absolute atomic E-state index is 12.1. The summed E-state index contributed by atoms with van der Waals surface area (Å²) < 4.78 is 6.37. The molecule has 10 heteroatoms. The normalized spacial score (nSPS) is 11.6. The highest BCUT2D eigenvalue weighted by atomic mass is 35.5. The maximum atomic E-state index is 12.1. The third kappa shape index (κ3) is 6.05. The zero-order valence-electron chi connectivity index (χ0n) is 13.8. The van der Waals surface area contributed by atoms with Gasteiger partial charge in [0.2, 0.25) is 5.91 Å². The van der Waals surface area contributed by atoms with Crippen molar-refractivity contribution in [2.45, 2.75) is 19.5 Å². The molecule has 0 saturated heterocycles. The van der Waals surface area contributed by atoms with Gasteiger partial charge in [0.15, 0.2) is 0 Å². The SMILES string of the molecule is COCC(=O)Nc1ccc(Cl)c(NC(=O)NC(C)Cn2cncn2)c1. The summed E-state index contributed by atoms with van der Waals surface area (Å²) in [5.41, 5.74) is 0.875. The molecule has 25 heavy (non-hydrogen) atoms. The van der Waals surface area contributed by atoms with Gasteiger partial charge in [0.05, 0.1) is 17.3 Å². The van der Waals surface area contributed by atoms with Crippen molar-refractivity contribution < 1.29 is 14.3 Å². The first-order valence-corrected chi connectivity index (χ1v) is 7.84. The van der Waals surface area contributed by atoms with E-state index >= 15 is 0 Å². The molecule has 2 aromatic rings. The Labute approximate surface area is 149 Å². The van der Waals surface area contributed by atoms with Gasteiger partial charge < -0.3 is 20.7 Å². The number of aromatic nitrogens is 3. The molecule has 2 rings (SSSR count). The summed E-state index contributed by atoms with van der Waals surface area (Å²) in [6.07, 6.45) is 3.00. The molecule has 0 aliphatic rings. The Bertz CT molecular complexity index is 722. The number of carbonyl (C=O) groups excluding carboxylic acids is 2. The van der Waals surface area contributed by atoms with E-state index in [-0.39, 0.29) is 18.6 Å². The van der Waals surface area contributed by atoms with Gasteiger partial charge in [-0.25, -0.2) is 9.78 Å². The number of nitrogens with zero attached hydrogens (tertiary/aromatic N) is 3. The van der Waals surface area contributed by atoms with Crippen LogP contribution in [-0.4, -0.2) is 46.5 Å². The van der Waals surface area contributed by atoms with Crippen molar-refractivity contribution in [2.75, 3.05) is 24.4 Å². The number of ether oxygens (including phenoxy) is 1. The molecule has 0 aliphatic heterocycles. The van der Waals surface area contributed by atoms with Gasteiger partial charge in [-0.1, -0.05) is 11.6 Å². The molecule has 1 unspecified atom stereocenters. The van der Waals surface area contributed by atoms with Gasteiger partial charge >= 0.3 is 6.03 Å². The van der Waals surface area contributed by atoms with Crippen LogP contribution in [0.2, 0.25) is 5.02 Å². The standard InChI is InChI=1S/C15H19ClN6O3/c1-10(6-22-9-17-8-18-22)19-15(24)21-13-5-11(3-4-12(13)16)20-14(23)7-25-2/h3-5,8-10H,6-7H2,1-2H3,(H,20,23)(H2,19,21,24). The number of hydrogen-bond donors (Lipinski definition) is 3. The molecule has 9 nitrogen and oxygen atoms in total. The number of amides is 3. The number of carbonyl (C=O) groups is 2. The number of hydrogen-bond acceptors (Lipinski definition) is 5. The maximum Gasteiger partial charge on any atom is 0.319 e. The van der Waals surface area contributed by atoms with Crippen LogP contribution in [-0.2, 0) is 16.1 Å². The molecule has 0 aliphatic carbocycles. The highest BCUT2D eigenvalue weighted by Crippen LogP contribution is 2.25. The minimum Gasteiger partial charge on any atom is -0.375 e. The Morgan fingerprint density at radius 1 is 1.36 bits per heavy atom. The molecule has 1 atom stereocenters. The van der Waals surface area contributed by atoms with E-state index in [0.29, 0.717) is 22.9 Å². The molecular weight excluding hydrogens is 348 g/mol. The first kappa shape index (κ1) is 18.7. The van der Waals surface area contributed by atoms with Crippen molar-refractivity contribution in [1.29, 1.82) is 0 Å². The fraction of sp³-hybridized carbons (Fsp3) is 0.333. The third-order valence-electron chi connectivity index (χ3n) is 3.08. The quantitative estimate of drug-likeness (QED) is 0.691. The molecular formula is C15H19ClN6O3. The van der Waals surface area contributed by atoms with E-state index in [1.807, 2.05) is 6.92 Å². The highest BCUT2D eigenvalue weighted by molar-refractivity contribution is 6.33. The molecule has 3 amide bonds. The minimum absolute atomic E-state index is 0.0638. The van der Waals surface area contributed by atoms with Crippen LogP contribution < -0.4 is 16.0 Å². The number of urea groups is 1. The molecule has 3 N–H and O–H groups in total. The Morgan fingerprint density at radius 2 is 2.16 bits per heavy atom. The lowest BCUT2D eigenvalue weighted by Gasteiger charge is -2.15. The second-order valence-electron chi connectivity index (χ2n) is 5.29. The second kappa shape index (κ2) is 9.00. The molecule has 134 valence electrons. The van der Waals surface area contributed by atoms with Gasteiger partial charge in [0.1, 0.15) is 19.3 Å². The Kier molecular flexibility index (Phi) is 6.72. The van der Waals surface area contributed by atoms with Crippen LogP contribution in [0.4, 0.5) is 16.2 Å². The summed E-state index contributed by atoms with van der Waals surface area (Å²) in [6, 6.07) is 4.18. The van der Waals surface area contributed by atoms with Crippen LogP contribution in [0.3, 0.4) is 0 Å². The van der Waals surface area contributed by atoms with Crippen LogP contribution in [0.15, 0.2) is 30.9 Å². The van der Waals surface area contributed by atoms with Crippen LogP contribution >= 0.6 is 11.6 Å². The molecule has 0 radical (unpaired) electrons. The van der Waals surface area contributed by atoms with Crippen LogP contribution in [0, 0.1) is 0 Å². The fourth-order valence-electron chi connectivity index (χ4n) is 2.06. The number of benzene rings is 1. The number of anilines is 2. The van der Waals surface area contributed by atoms with E-state index < -0.39 is 6.03 Å². The topological polar surface area (TPSA) is 110 Å². The minimum atomic E-state index is -0.421.